The van der Waals surface area contributed by atoms with Crippen molar-refractivity contribution in [1.29, 1.82) is 0 Å². The molecule has 132 valence electrons. The molecular weight excluding hydrogens is 334 g/mol. The van der Waals surface area contributed by atoms with E-state index >= 15 is 0 Å². The van der Waals surface area contributed by atoms with Crippen molar-refractivity contribution in [3.63, 3.8) is 0 Å². The SMILES string of the molecule is O=C(Cn1ncccc1=O)N1CCC(Oc2cnc3ccccc3n2)C1. The minimum atomic E-state index is -0.292. The first-order valence-electron chi connectivity index (χ1n) is 8.37. The highest BCUT2D eigenvalue weighted by Gasteiger charge is 2.28. The van der Waals surface area contributed by atoms with Crippen LogP contribution < -0.4 is 10.3 Å². The molecule has 1 atom stereocenters. The Labute approximate surface area is 149 Å². The van der Waals surface area contributed by atoms with Crippen molar-refractivity contribution in [2.45, 2.75) is 19.1 Å². The van der Waals surface area contributed by atoms with Crippen LogP contribution in [0.1, 0.15) is 6.42 Å². The maximum atomic E-state index is 12.4. The molecule has 0 aliphatic carbocycles. The monoisotopic (exact) mass is 351 g/mol. The summed E-state index contributed by atoms with van der Waals surface area (Å²) in [5.41, 5.74) is 1.29. The van der Waals surface area contributed by atoms with Crippen LogP contribution >= 0.6 is 0 Å². The number of ether oxygens (including phenoxy) is 1. The van der Waals surface area contributed by atoms with Crippen LogP contribution in [-0.2, 0) is 11.3 Å². The van der Waals surface area contributed by atoms with Gasteiger partial charge in [0.25, 0.3) is 5.56 Å². The van der Waals surface area contributed by atoms with Crippen molar-refractivity contribution >= 4 is 16.9 Å². The summed E-state index contributed by atoms with van der Waals surface area (Å²) in [6.07, 6.45) is 3.65. The van der Waals surface area contributed by atoms with Crippen LogP contribution in [0.15, 0.2) is 53.6 Å². The van der Waals surface area contributed by atoms with E-state index in [4.69, 9.17) is 4.74 Å². The fraction of sp³-hybridized carbons (Fsp3) is 0.278. The Bertz CT molecular complexity index is 1000. The second kappa shape index (κ2) is 6.91. The number of carbonyl (C=O) groups is 1. The molecule has 0 saturated carbocycles. The third-order valence-corrected chi connectivity index (χ3v) is 4.28. The third-order valence-electron chi connectivity index (χ3n) is 4.28. The lowest BCUT2D eigenvalue weighted by Crippen LogP contribution is -2.36. The molecule has 4 rings (SSSR count). The van der Waals surface area contributed by atoms with E-state index in [0.29, 0.717) is 25.4 Å². The second-order valence-electron chi connectivity index (χ2n) is 6.08. The van der Waals surface area contributed by atoms with Crippen LogP contribution in [0, 0.1) is 0 Å². The zero-order valence-electron chi connectivity index (χ0n) is 14.0. The van der Waals surface area contributed by atoms with E-state index in [2.05, 4.69) is 15.1 Å². The van der Waals surface area contributed by atoms with Crippen LogP contribution in [0.5, 0.6) is 5.88 Å². The Balaban J connectivity index is 1.39. The smallest absolute Gasteiger partial charge is 0.267 e. The van der Waals surface area contributed by atoms with Crippen molar-refractivity contribution in [3.05, 3.63) is 59.1 Å². The van der Waals surface area contributed by atoms with Gasteiger partial charge < -0.3 is 9.64 Å². The van der Waals surface area contributed by atoms with Gasteiger partial charge in [-0.3, -0.25) is 9.59 Å². The van der Waals surface area contributed by atoms with Gasteiger partial charge in [0.05, 0.1) is 23.8 Å². The van der Waals surface area contributed by atoms with E-state index in [1.165, 1.54) is 12.3 Å². The van der Waals surface area contributed by atoms with Gasteiger partial charge in [-0.05, 0) is 18.2 Å². The lowest BCUT2D eigenvalue weighted by atomic mass is 10.3. The molecule has 1 unspecified atom stereocenters. The fourth-order valence-corrected chi connectivity index (χ4v) is 2.95. The van der Waals surface area contributed by atoms with Gasteiger partial charge in [-0.2, -0.15) is 5.10 Å². The first-order valence-corrected chi connectivity index (χ1v) is 8.37. The molecule has 0 N–H and O–H groups in total. The van der Waals surface area contributed by atoms with E-state index in [1.807, 2.05) is 24.3 Å². The number of likely N-dealkylation sites (tertiary alicyclic amines) is 1. The van der Waals surface area contributed by atoms with Gasteiger partial charge in [-0.15, -0.1) is 0 Å². The number of aromatic nitrogens is 4. The molecule has 0 spiro atoms. The molecule has 1 saturated heterocycles. The lowest BCUT2D eigenvalue weighted by Gasteiger charge is -2.17. The quantitative estimate of drug-likeness (QED) is 0.693. The number of rotatable bonds is 4. The number of fused-ring (bicyclic) bond motifs is 1. The zero-order chi connectivity index (χ0) is 17.9. The van der Waals surface area contributed by atoms with Crippen LogP contribution in [-0.4, -0.2) is 49.7 Å². The first-order chi connectivity index (χ1) is 12.7. The standard InChI is InChI=1S/C18H17N5O3/c24-17-6-3-8-20-23(17)12-18(25)22-9-7-13(11-22)26-16-10-19-14-4-1-2-5-15(14)21-16/h1-6,8,10,13H,7,9,11-12H2. The van der Waals surface area contributed by atoms with Crippen LogP contribution in [0.25, 0.3) is 11.0 Å². The van der Waals surface area contributed by atoms with Gasteiger partial charge in [-0.1, -0.05) is 12.1 Å². The van der Waals surface area contributed by atoms with Crippen LogP contribution in [0.4, 0.5) is 0 Å². The molecule has 0 radical (unpaired) electrons. The van der Waals surface area contributed by atoms with Crippen molar-refractivity contribution < 1.29 is 9.53 Å². The Kier molecular flexibility index (Phi) is 4.30. The summed E-state index contributed by atoms with van der Waals surface area (Å²) in [6.45, 7) is 0.961. The average Bonchev–Trinajstić information content (AvgIpc) is 3.12. The molecule has 26 heavy (non-hydrogen) atoms. The Morgan fingerprint density at radius 1 is 1.19 bits per heavy atom. The van der Waals surface area contributed by atoms with Gasteiger partial charge >= 0.3 is 0 Å². The maximum Gasteiger partial charge on any atom is 0.267 e. The summed E-state index contributed by atoms with van der Waals surface area (Å²) >= 11 is 0. The molecule has 8 heteroatoms. The highest BCUT2D eigenvalue weighted by molar-refractivity contribution is 5.76. The number of benzene rings is 1. The van der Waals surface area contributed by atoms with Gasteiger partial charge in [0.15, 0.2) is 0 Å². The number of hydrogen-bond acceptors (Lipinski definition) is 6. The first kappa shape index (κ1) is 16.2. The highest BCUT2D eigenvalue weighted by atomic mass is 16.5. The minimum absolute atomic E-state index is 0.0673. The molecule has 1 amide bonds. The predicted octanol–water partition coefficient (Wildman–Crippen LogP) is 0.866. The zero-order valence-corrected chi connectivity index (χ0v) is 14.0. The predicted molar refractivity (Wildman–Crippen MR) is 93.6 cm³/mol. The summed E-state index contributed by atoms with van der Waals surface area (Å²) in [6, 6.07) is 10.5. The Hall–Kier alpha value is -3.29. The second-order valence-corrected chi connectivity index (χ2v) is 6.08. The van der Waals surface area contributed by atoms with Gasteiger partial charge in [-0.25, -0.2) is 14.6 Å². The third kappa shape index (κ3) is 3.39. The Morgan fingerprint density at radius 3 is 2.88 bits per heavy atom. The Morgan fingerprint density at radius 2 is 2.04 bits per heavy atom. The van der Waals surface area contributed by atoms with Crippen molar-refractivity contribution in [3.8, 4) is 5.88 Å². The van der Waals surface area contributed by atoms with E-state index in [1.54, 1.807) is 17.2 Å². The van der Waals surface area contributed by atoms with Crippen LogP contribution in [0.3, 0.4) is 0 Å². The number of carbonyl (C=O) groups excluding carboxylic acids is 1. The van der Waals surface area contributed by atoms with Gasteiger partial charge in [0.2, 0.25) is 11.8 Å². The summed E-state index contributed by atoms with van der Waals surface area (Å²) in [5, 5.41) is 3.91. The molecule has 1 fully saturated rings. The van der Waals surface area contributed by atoms with E-state index < -0.39 is 0 Å². The van der Waals surface area contributed by atoms with Gasteiger partial charge in [0, 0.05) is 25.2 Å². The number of para-hydroxylation sites is 2. The number of nitrogens with zero attached hydrogens (tertiary/aromatic N) is 5. The lowest BCUT2D eigenvalue weighted by molar-refractivity contribution is -0.131. The summed E-state index contributed by atoms with van der Waals surface area (Å²) in [5.74, 6) is 0.297. The molecule has 0 bridgehead atoms. The van der Waals surface area contributed by atoms with E-state index in [-0.39, 0.29) is 24.1 Å². The van der Waals surface area contributed by atoms with Crippen molar-refractivity contribution in [2.24, 2.45) is 0 Å². The van der Waals surface area contributed by atoms with Crippen molar-refractivity contribution in [2.75, 3.05) is 13.1 Å². The molecule has 3 aromatic rings. The van der Waals surface area contributed by atoms with E-state index in [0.717, 1.165) is 15.7 Å². The van der Waals surface area contributed by atoms with Gasteiger partial charge in [0.1, 0.15) is 12.6 Å². The minimum Gasteiger partial charge on any atom is -0.471 e. The fourth-order valence-electron chi connectivity index (χ4n) is 2.95. The molecule has 1 aromatic carbocycles. The summed E-state index contributed by atoms with van der Waals surface area (Å²) < 4.78 is 7.04. The molecule has 1 aliphatic rings. The summed E-state index contributed by atoms with van der Waals surface area (Å²) in [4.78, 5) is 34.5. The molecular formula is C18H17N5O3. The summed E-state index contributed by atoms with van der Waals surface area (Å²) in [7, 11) is 0. The van der Waals surface area contributed by atoms with Crippen molar-refractivity contribution in [1.82, 2.24) is 24.6 Å². The highest BCUT2D eigenvalue weighted by Crippen LogP contribution is 2.18. The molecule has 2 aromatic heterocycles. The van der Waals surface area contributed by atoms with E-state index in [9.17, 15) is 9.59 Å². The molecule has 1 aliphatic heterocycles. The maximum absolute atomic E-state index is 12.4. The number of hydrogen-bond donors (Lipinski definition) is 0. The molecule has 3 heterocycles. The largest absolute Gasteiger partial charge is 0.471 e. The van der Waals surface area contributed by atoms with Crippen LogP contribution in [0.2, 0.25) is 0 Å². The topological polar surface area (TPSA) is 90.2 Å². The normalized spacial score (nSPS) is 16.8. The molecule has 8 nitrogen and oxygen atoms in total. The average molecular weight is 351 g/mol. The number of amides is 1.